The highest BCUT2D eigenvalue weighted by atomic mass is 14.0. The topological polar surface area (TPSA) is 0 Å². The van der Waals surface area contributed by atoms with E-state index < -0.39 is 0 Å². The van der Waals surface area contributed by atoms with Gasteiger partial charge in [-0.2, -0.15) is 0 Å². The molecule has 18 heavy (non-hydrogen) atoms. The molecule has 0 spiro atoms. The van der Waals surface area contributed by atoms with Crippen molar-refractivity contribution in [1.82, 2.24) is 0 Å². The Hall–Kier alpha value is -1.56. The first-order valence-electron chi connectivity index (χ1n) is 6.93. The maximum absolute atomic E-state index is 3.67. The lowest BCUT2D eigenvalue weighted by atomic mass is 10.0. The second kappa shape index (κ2) is 15.4. The standard InChI is InChI=1S/C14H16.2C2H6/c1-3-5-10-13(9-4-2)14-11-7-6-8-12-14;2*1-2/h3,5-12H,1,4H2,2H3;2*1-2H3/b10-5-,13-9+;;. The van der Waals surface area contributed by atoms with Crippen LogP contribution in [0.5, 0.6) is 0 Å². The lowest BCUT2D eigenvalue weighted by Crippen LogP contribution is -1.79. The van der Waals surface area contributed by atoms with Gasteiger partial charge in [0.1, 0.15) is 0 Å². The minimum atomic E-state index is 1.05. The van der Waals surface area contributed by atoms with Gasteiger partial charge in [-0.1, -0.05) is 95.8 Å². The van der Waals surface area contributed by atoms with Crippen molar-refractivity contribution in [2.45, 2.75) is 41.0 Å². The predicted octanol–water partition coefficient (Wildman–Crippen LogP) is 6.27. The van der Waals surface area contributed by atoms with Gasteiger partial charge in [-0.3, -0.25) is 0 Å². The molecule has 0 heterocycles. The molecule has 0 aromatic heterocycles. The molecule has 0 N–H and O–H groups in total. The van der Waals surface area contributed by atoms with E-state index in [4.69, 9.17) is 0 Å². The molecule has 0 atom stereocenters. The lowest BCUT2D eigenvalue weighted by Gasteiger charge is -2.01. The molecule has 1 aromatic carbocycles. The monoisotopic (exact) mass is 244 g/mol. The fourth-order valence-corrected chi connectivity index (χ4v) is 1.30. The highest BCUT2D eigenvalue weighted by Gasteiger charge is 1.93. The van der Waals surface area contributed by atoms with E-state index in [0.29, 0.717) is 0 Å². The second-order valence-corrected chi connectivity index (χ2v) is 3.03. The molecule has 0 unspecified atom stereocenters. The summed E-state index contributed by atoms with van der Waals surface area (Å²) in [7, 11) is 0. The average molecular weight is 244 g/mol. The quantitative estimate of drug-likeness (QED) is 0.547. The van der Waals surface area contributed by atoms with Gasteiger partial charge in [0.2, 0.25) is 0 Å². The molecule has 0 radical (unpaired) electrons. The molecular formula is C18H28. The Morgan fingerprint density at radius 2 is 1.61 bits per heavy atom. The van der Waals surface area contributed by atoms with E-state index in [9.17, 15) is 0 Å². The highest BCUT2D eigenvalue weighted by Crippen LogP contribution is 2.15. The van der Waals surface area contributed by atoms with Gasteiger partial charge in [0.05, 0.1) is 0 Å². The fraction of sp³-hybridized carbons (Fsp3) is 0.333. The zero-order valence-electron chi connectivity index (χ0n) is 12.6. The summed E-state index contributed by atoms with van der Waals surface area (Å²) < 4.78 is 0. The number of allylic oxidation sites excluding steroid dienone is 5. The summed E-state index contributed by atoms with van der Waals surface area (Å²) in [5.41, 5.74) is 2.51. The normalized spacial score (nSPS) is 9.94. The molecule has 0 fully saturated rings. The van der Waals surface area contributed by atoms with Gasteiger partial charge in [-0.25, -0.2) is 0 Å². The summed E-state index contributed by atoms with van der Waals surface area (Å²) in [6.07, 6.45) is 9.12. The van der Waals surface area contributed by atoms with Crippen molar-refractivity contribution in [3.05, 3.63) is 66.8 Å². The van der Waals surface area contributed by atoms with Crippen molar-refractivity contribution in [1.29, 1.82) is 0 Å². The van der Waals surface area contributed by atoms with Crippen LogP contribution in [0.1, 0.15) is 46.6 Å². The summed E-state index contributed by atoms with van der Waals surface area (Å²) in [4.78, 5) is 0. The van der Waals surface area contributed by atoms with Crippen LogP contribution in [-0.4, -0.2) is 0 Å². The molecule has 1 rings (SSSR count). The molecule has 0 amide bonds. The van der Waals surface area contributed by atoms with Crippen molar-refractivity contribution in [3.8, 4) is 0 Å². The third-order valence-electron chi connectivity index (χ3n) is 1.94. The van der Waals surface area contributed by atoms with Crippen molar-refractivity contribution >= 4 is 5.57 Å². The largest absolute Gasteiger partial charge is 0.0991 e. The molecule has 0 saturated carbocycles. The minimum absolute atomic E-state index is 1.05. The van der Waals surface area contributed by atoms with E-state index in [0.717, 1.165) is 6.42 Å². The summed E-state index contributed by atoms with van der Waals surface area (Å²) in [5.74, 6) is 0. The van der Waals surface area contributed by atoms with E-state index in [2.05, 4.69) is 49.9 Å². The van der Waals surface area contributed by atoms with Gasteiger partial charge >= 0.3 is 0 Å². The van der Waals surface area contributed by atoms with Gasteiger partial charge in [0.25, 0.3) is 0 Å². The summed E-state index contributed by atoms with van der Waals surface area (Å²) in [6.45, 7) is 13.8. The van der Waals surface area contributed by atoms with Crippen molar-refractivity contribution in [2.24, 2.45) is 0 Å². The molecule has 0 heteroatoms. The number of hydrogen-bond acceptors (Lipinski definition) is 0. The van der Waals surface area contributed by atoms with Crippen LogP contribution in [0, 0.1) is 0 Å². The third-order valence-corrected chi connectivity index (χ3v) is 1.94. The molecule has 0 aliphatic rings. The Balaban J connectivity index is 0. The van der Waals surface area contributed by atoms with E-state index >= 15 is 0 Å². The highest BCUT2D eigenvalue weighted by molar-refractivity contribution is 5.74. The number of rotatable bonds is 4. The van der Waals surface area contributed by atoms with Crippen LogP contribution in [0.15, 0.2) is 61.2 Å². The van der Waals surface area contributed by atoms with Gasteiger partial charge in [0, 0.05) is 0 Å². The summed E-state index contributed by atoms with van der Waals surface area (Å²) in [5, 5.41) is 0. The third kappa shape index (κ3) is 8.58. The zero-order chi connectivity index (χ0) is 14.2. The molecule has 1 aromatic rings. The Morgan fingerprint density at radius 1 is 1.06 bits per heavy atom. The molecule has 0 bridgehead atoms. The van der Waals surface area contributed by atoms with E-state index in [1.807, 2.05) is 39.8 Å². The Bertz CT molecular complexity index is 328. The van der Waals surface area contributed by atoms with Crippen LogP contribution >= 0.6 is 0 Å². The molecule has 100 valence electrons. The van der Waals surface area contributed by atoms with Crippen molar-refractivity contribution < 1.29 is 0 Å². The first kappa shape index (κ1) is 18.8. The maximum Gasteiger partial charge on any atom is -0.0187 e. The first-order valence-corrected chi connectivity index (χ1v) is 6.93. The molecule has 0 aliphatic carbocycles. The van der Waals surface area contributed by atoms with Gasteiger partial charge < -0.3 is 0 Å². The molecule has 0 aliphatic heterocycles. The van der Waals surface area contributed by atoms with Crippen LogP contribution in [0.3, 0.4) is 0 Å². The smallest absolute Gasteiger partial charge is 0.0187 e. The van der Waals surface area contributed by atoms with E-state index in [1.165, 1.54) is 11.1 Å². The minimum Gasteiger partial charge on any atom is -0.0991 e. The maximum atomic E-state index is 3.67. The Morgan fingerprint density at radius 3 is 2.06 bits per heavy atom. The first-order chi connectivity index (χ1) is 8.88. The Labute approximate surface area is 114 Å². The molecular weight excluding hydrogens is 216 g/mol. The van der Waals surface area contributed by atoms with Gasteiger partial charge in [0.15, 0.2) is 0 Å². The fourth-order valence-electron chi connectivity index (χ4n) is 1.30. The van der Waals surface area contributed by atoms with Crippen molar-refractivity contribution in [2.75, 3.05) is 0 Å². The van der Waals surface area contributed by atoms with Gasteiger partial charge in [-0.15, -0.1) is 0 Å². The van der Waals surface area contributed by atoms with Crippen LogP contribution < -0.4 is 0 Å². The Kier molecular flexibility index (Phi) is 16.1. The molecule has 0 saturated heterocycles. The van der Waals surface area contributed by atoms with Gasteiger partial charge in [-0.05, 0) is 17.6 Å². The van der Waals surface area contributed by atoms with Crippen LogP contribution in [0.4, 0.5) is 0 Å². The SMILES string of the molecule is C=C/C=C\C(=C/CC)c1ccccc1.CC.CC. The van der Waals surface area contributed by atoms with Crippen LogP contribution in [-0.2, 0) is 0 Å². The summed E-state index contributed by atoms with van der Waals surface area (Å²) >= 11 is 0. The lowest BCUT2D eigenvalue weighted by molar-refractivity contribution is 1.23. The predicted molar refractivity (Wildman–Crippen MR) is 86.7 cm³/mol. The zero-order valence-corrected chi connectivity index (χ0v) is 12.6. The average Bonchev–Trinajstić information content (AvgIpc) is 2.48. The second-order valence-electron chi connectivity index (χ2n) is 3.03. The van der Waals surface area contributed by atoms with Crippen LogP contribution in [0.2, 0.25) is 0 Å². The number of hydrogen-bond donors (Lipinski definition) is 0. The number of benzene rings is 1. The summed E-state index contributed by atoms with van der Waals surface area (Å²) in [6, 6.07) is 10.4. The van der Waals surface area contributed by atoms with E-state index in [-0.39, 0.29) is 0 Å². The molecule has 0 nitrogen and oxygen atoms in total. The van der Waals surface area contributed by atoms with Crippen molar-refractivity contribution in [3.63, 3.8) is 0 Å². The van der Waals surface area contributed by atoms with E-state index in [1.54, 1.807) is 6.08 Å². The van der Waals surface area contributed by atoms with Crippen LogP contribution in [0.25, 0.3) is 5.57 Å².